The number of alkyl halides is 3. The number of nitrogen functional groups attached to an aromatic ring is 1. The molecule has 0 spiro atoms. The minimum Gasteiger partial charge on any atom is -0.398 e. The highest BCUT2D eigenvalue weighted by Gasteiger charge is 2.43. The quantitative estimate of drug-likeness (QED) is 0.551. The van der Waals surface area contributed by atoms with Gasteiger partial charge in [-0.3, -0.25) is 0 Å². The number of nitriles is 1. The van der Waals surface area contributed by atoms with Crippen molar-refractivity contribution in [3.8, 4) is 6.07 Å². The van der Waals surface area contributed by atoms with Crippen LogP contribution in [0.3, 0.4) is 0 Å². The molecule has 164 valence electrons. The van der Waals surface area contributed by atoms with Crippen molar-refractivity contribution in [3.05, 3.63) is 52.3 Å². The van der Waals surface area contributed by atoms with Gasteiger partial charge in [-0.05, 0) is 43.2 Å². The Balaban J connectivity index is 2.03. The number of rotatable bonds is 5. The molecule has 0 aliphatic carbocycles. The summed E-state index contributed by atoms with van der Waals surface area (Å²) >= 11 is 5.95. The van der Waals surface area contributed by atoms with Crippen LogP contribution in [0, 0.1) is 25.2 Å². The fraction of sp³-hybridized carbons (Fsp3) is 0.263. The van der Waals surface area contributed by atoms with Gasteiger partial charge in [0.15, 0.2) is 0 Å². The Morgan fingerprint density at radius 2 is 1.97 bits per heavy atom. The SMILES string of the molecule is Cc1cc(C)c(S(=O)(=O)NC(Cn2cnc3c(C#N)cc(Cl)cc32)C(F)(F)F)c(N)c1. The van der Waals surface area contributed by atoms with Crippen molar-refractivity contribution in [3.63, 3.8) is 0 Å². The highest BCUT2D eigenvalue weighted by Crippen LogP contribution is 2.29. The number of imidazole rings is 1. The van der Waals surface area contributed by atoms with Gasteiger partial charge in [-0.15, -0.1) is 0 Å². The molecule has 1 atom stereocenters. The van der Waals surface area contributed by atoms with E-state index in [1.54, 1.807) is 11.6 Å². The lowest BCUT2D eigenvalue weighted by atomic mass is 10.1. The fourth-order valence-corrected chi connectivity index (χ4v) is 5.13. The van der Waals surface area contributed by atoms with Crippen LogP contribution >= 0.6 is 11.6 Å². The first kappa shape index (κ1) is 22.9. The van der Waals surface area contributed by atoms with E-state index in [0.29, 0.717) is 5.56 Å². The van der Waals surface area contributed by atoms with Gasteiger partial charge in [0, 0.05) is 11.6 Å². The first-order valence-electron chi connectivity index (χ1n) is 8.83. The third-order valence-electron chi connectivity index (χ3n) is 4.60. The minimum absolute atomic E-state index is 0.0912. The number of hydrogen-bond acceptors (Lipinski definition) is 5. The average Bonchev–Trinajstić information content (AvgIpc) is 3.01. The van der Waals surface area contributed by atoms with E-state index in [9.17, 15) is 26.9 Å². The van der Waals surface area contributed by atoms with Crippen molar-refractivity contribution in [1.82, 2.24) is 14.3 Å². The van der Waals surface area contributed by atoms with E-state index in [4.69, 9.17) is 17.3 Å². The Labute approximate surface area is 181 Å². The molecule has 0 aliphatic heterocycles. The summed E-state index contributed by atoms with van der Waals surface area (Å²) in [6, 6.07) is 4.98. The molecule has 0 radical (unpaired) electrons. The third kappa shape index (κ3) is 4.61. The number of anilines is 1. The predicted octanol–water partition coefficient (Wildman–Crippen LogP) is 3.67. The third-order valence-corrected chi connectivity index (χ3v) is 6.51. The minimum atomic E-state index is -4.92. The van der Waals surface area contributed by atoms with Crippen molar-refractivity contribution >= 4 is 38.3 Å². The zero-order chi connectivity index (χ0) is 23.1. The van der Waals surface area contributed by atoms with Crippen LogP contribution in [0.25, 0.3) is 11.0 Å². The Bertz CT molecular complexity index is 1290. The summed E-state index contributed by atoms with van der Waals surface area (Å²) in [5.74, 6) is 0. The molecule has 12 heteroatoms. The highest BCUT2D eigenvalue weighted by atomic mass is 35.5. The second kappa shape index (κ2) is 8.03. The molecule has 3 N–H and O–H groups in total. The number of nitrogens with two attached hydrogens (primary N) is 1. The number of fused-ring (bicyclic) bond motifs is 1. The number of sulfonamides is 1. The zero-order valence-electron chi connectivity index (χ0n) is 16.3. The normalized spacial score (nSPS) is 13.3. The van der Waals surface area contributed by atoms with E-state index >= 15 is 0 Å². The first-order chi connectivity index (χ1) is 14.3. The lowest BCUT2D eigenvalue weighted by molar-refractivity contribution is -0.154. The first-order valence-corrected chi connectivity index (χ1v) is 10.7. The van der Waals surface area contributed by atoms with Gasteiger partial charge in [0.1, 0.15) is 22.5 Å². The predicted molar refractivity (Wildman–Crippen MR) is 110 cm³/mol. The lowest BCUT2D eigenvalue weighted by Crippen LogP contribution is -2.48. The maximum atomic E-state index is 13.8. The molecule has 31 heavy (non-hydrogen) atoms. The number of nitrogens with zero attached hydrogens (tertiary/aromatic N) is 3. The fourth-order valence-electron chi connectivity index (χ4n) is 3.36. The van der Waals surface area contributed by atoms with Crippen LogP contribution in [-0.2, 0) is 16.6 Å². The van der Waals surface area contributed by atoms with Gasteiger partial charge in [0.05, 0.1) is 23.1 Å². The Hall–Kier alpha value is -2.81. The van der Waals surface area contributed by atoms with E-state index < -0.39 is 33.7 Å². The van der Waals surface area contributed by atoms with Crippen LogP contribution in [0.5, 0.6) is 0 Å². The number of benzene rings is 2. The van der Waals surface area contributed by atoms with E-state index in [2.05, 4.69) is 4.98 Å². The van der Waals surface area contributed by atoms with Crippen molar-refractivity contribution in [1.29, 1.82) is 5.26 Å². The van der Waals surface area contributed by atoms with Crippen LogP contribution in [0.1, 0.15) is 16.7 Å². The molecule has 0 bridgehead atoms. The van der Waals surface area contributed by atoms with Crippen molar-refractivity contribution in [2.45, 2.75) is 37.5 Å². The molecule has 1 unspecified atom stereocenters. The van der Waals surface area contributed by atoms with Gasteiger partial charge in [0.2, 0.25) is 10.0 Å². The summed E-state index contributed by atoms with van der Waals surface area (Å²) in [4.78, 5) is 3.57. The molecular weight excluding hydrogens is 455 g/mol. The molecule has 0 aliphatic rings. The number of hydrogen-bond donors (Lipinski definition) is 2. The summed E-state index contributed by atoms with van der Waals surface area (Å²) < 4.78 is 69.8. The van der Waals surface area contributed by atoms with Gasteiger partial charge >= 0.3 is 6.18 Å². The Kier molecular flexibility index (Phi) is 5.92. The Morgan fingerprint density at radius 3 is 2.55 bits per heavy atom. The molecule has 3 aromatic rings. The van der Waals surface area contributed by atoms with E-state index in [-0.39, 0.29) is 32.9 Å². The molecule has 0 fully saturated rings. The lowest BCUT2D eigenvalue weighted by Gasteiger charge is -2.23. The summed E-state index contributed by atoms with van der Waals surface area (Å²) in [7, 11) is -4.61. The second-order valence-electron chi connectivity index (χ2n) is 7.05. The Morgan fingerprint density at radius 1 is 1.29 bits per heavy atom. The number of aryl methyl sites for hydroxylation is 2. The van der Waals surface area contributed by atoms with Gasteiger partial charge in [0.25, 0.3) is 0 Å². The van der Waals surface area contributed by atoms with E-state index in [1.807, 2.05) is 6.07 Å². The van der Waals surface area contributed by atoms with Crippen LogP contribution in [0.15, 0.2) is 35.5 Å². The van der Waals surface area contributed by atoms with Crippen molar-refractivity contribution in [2.24, 2.45) is 0 Å². The van der Waals surface area contributed by atoms with E-state index in [0.717, 1.165) is 10.9 Å². The number of aromatic nitrogens is 2. The van der Waals surface area contributed by atoms with Gasteiger partial charge in [-0.25, -0.2) is 13.4 Å². The standard InChI is InChI=1S/C19H17ClF3N5O2S/c1-10-3-11(2)18(14(25)4-10)31(29,30)27-16(19(21,22)23)8-28-9-26-17-12(7-24)5-13(20)6-15(17)28/h3-6,9,16,27H,8,25H2,1-2H3. The van der Waals surface area contributed by atoms with Crippen LogP contribution in [0.2, 0.25) is 5.02 Å². The zero-order valence-corrected chi connectivity index (χ0v) is 17.9. The molecule has 0 saturated carbocycles. The smallest absolute Gasteiger partial charge is 0.398 e. The largest absolute Gasteiger partial charge is 0.406 e. The van der Waals surface area contributed by atoms with Crippen LogP contribution < -0.4 is 10.5 Å². The molecule has 1 aromatic heterocycles. The molecule has 3 rings (SSSR count). The van der Waals surface area contributed by atoms with Crippen molar-refractivity contribution in [2.75, 3.05) is 5.73 Å². The second-order valence-corrected chi connectivity index (χ2v) is 9.13. The monoisotopic (exact) mass is 471 g/mol. The summed E-state index contributed by atoms with van der Waals surface area (Å²) in [5, 5.41) is 9.33. The molecule has 7 nitrogen and oxygen atoms in total. The summed E-state index contributed by atoms with van der Waals surface area (Å²) in [6.07, 6.45) is -3.83. The highest BCUT2D eigenvalue weighted by molar-refractivity contribution is 7.89. The van der Waals surface area contributed by atoms with Gasteiger partial charge < -0.3 is 10.3 Å². The van der Waals surface area contributed by atoms with Crippen LogP contribution in [-0.4, -0.2) is 30.2 Å². The topological polar surface area (TPSA) is 114 Å². The summed E-state index contributed by atoms with van der Waals surface area (Å²) in [6.45, 7) is 2.32. The maximum absolute atomic E-state index is 13.8. The average molecular weight is 472 g/mol. The molecule has 0 saturated heterocycles. The molecule has 2 aromatic carbocycles. The van der Waals surface area contributed by atoms with Crippen LogP contribution in [0.4, 0.5) is 18.9 Å². The van der Waals surface area contributed by atoms with Crippen molar-refractivity contribution < 1.29 is 21.6 Å². The van der Waals surface area contributed by atoms with E-state index in [1.165, 1.54) is 31.2 Å². The summed E-state index contributed by atoms with van der Waals surface area (Å²) in [5.41, 5.74) is 6.97. The van der Waals surface area contributed by atoms with Gasteiger partial charge in [-0.2, -0.15) is 23.2 Å². The number of halogens is 4. The molecule has 1 heterocycles. The maximum Gasteiger partial charge on any atom is 0.406 e. The molecule has 0 amide bonds. The molecular formula is C19H17ClF3N5O2S. The van der Waals surface area contributed by atoms with Gasteiger partial charge in [-0.1, -0.05) is 17.7 Å². The number of nitrogens with one attached hydrogen (secondary N) is 1.